The largest absolute Gasteiger partial charge is 0.302 e. The molecule has 3 heterocycles. The minimum atomic E-state index is -0.117. The first kappa shape index (κ1) is 17.9. The van der Waals surface area contributed by atoms with Gasteiger partial charge in [0.25, 0.3) is 0 Å². The predicted octanol–water partition coefficient (Wildman–Crippen LogP) is 3.45. The number of amides is 1. The summed E-state index contributed by atoms with van der Waals surface area (Å²) in [6.07, 6.45) is 6.12. The number of nitrogens with zero attached hydrogens (tertiary/aromatic N) is 4. The van der Waals surface area contributed by atoms with Crippen LogP contribution in [-0.2, 0) is 4.79 Å². The molecule has 7 heteroatoms. The van der Waals surface area contributed by atoms with Crippen LogP contribution in [0.5, 0.6) is 0 Å². The number of carbonyl (C=O) groups excluding carboxylic acids is 1. The zero-order valence-electron chi connectivity index (χ0n) is 15.2. The summed E-state index contributed by atoms with van der Waals surface area (Å²) in [6.45, 7) is 10.1. The molecule has 25 heavy (non-hydrogen) atoms. The Morgan fingerprint density at radius 1 is 1.36 bits per heavy atom. The third-order valence-electron chi connectivity index (χ3n) is 4.59. The number of carbonyl (C=O) groups is 1. The monoisotopic (exact) mass is 359 g/mol. The van der Waals surface area contributed by atoms with E-state index in [-0.39, 0.29) is 5.91 Å². The van der Waals surface area contributed by atoms with Crippen molar-refractivity contribution in [2.45, 2.75) is 52.5 Å². The fourth-order valence-corrected chi connectivity index (χ4v) is 4.20. The van der Waals surface area contributed by atoms with Gasteiger partial charge in [-0.25, -0.2) is 4.98 Å². The van der Waals surface area contributed by atoms with Crippen molar-refractivity contribution < 1.29 is 4.79 Å². The molecule has 1 atom stereocenters. The second-order valence-electron chi connectivity index (χ2n) is 6.87. The lowest BCUT2D eigenvalue weighted by Crippen LogP contribution is -2.39. The van der Waals surface area contributed by atoms with Gasteiger partial charge in [0.2, 0.25) is 5.91 Å². The Balaban J connectivity index is 1.76. The van der Waals surface area contributed by atoms with E-state index in [4.69, 9.17) is 0 Å². The number of thiazole rings is 1. The number of aryl methyl sites for hydroxylation is 1. The van der Waals surface area contributed by atoms with Crippen LogP contribution in [0.15, 0.2) is 12.4 Å². The maximum Gasteiger partial charge on any atom is 0.223 e. The molecule has 3 rings (SSSR count). The second-order valence-corrected chi connectivity index (χ2v) is 7.87. The van der Waals surface area contributed by atoms with E-state index in [2.05, 4.69) is 39.0 Å². The summed E-state index contributed by atoms with van der Waals surface area (Å²) in [6, 6.07) is 0.571. The normalized spacial score (nSPS) is 18.5. The molecule has 6 nitrogen and oxygen atoms in total. The molecule has 0 radical (unpaired) electrons. The van der Waals surface area contributed by atoms with Gasteiger partial charge in [0.1, 0.15) is 5.69 Å². The third-order valence-corrected chi connectivity index (χ3v) is 5.68. The average molecular weight is 359 g/mol. The van der Waals surface area contributed by atoms with Crippen LogP contribution in [0.1, 0.15) is 50.9 Å². The van der Waals surface area contributed by atoms with Crippen LogP contribution < -0.4 is 5.32 Å². The highest BCUT2D eigenvalue weighted by molar-refractivity contribution is 7.19. The first-order valence-corrected chi connectivity index (χ1v) is 9.57. The molecule has 1 saturated heterocycles. The molecule has 0 unspecified atom stereocenters. The van der Waals surface area contributed by atoms with Gasteiger partial charge in [0.05, 0.1) is 22.5 Å². The third kappa shape index (κ3) is 4.22. The molecule has 1 aliphatic heterocycles. The van der Waals surface area contributed by atoms with E-state index in [1.165, 1.54) is 37.6 Å². The van der Waals surface area contributed by atoms with Crippen molar-refractivity contribution in [3.05, 3.63) is 23.8 Å². The maximum absolute atomic E-state index is 11.2. The van der Waals surface area contributed by atoms with Crippen molar-refractivity contribution in [3.63, 3.8) is 0 Å². The zero-order valence-corrected chi connectivity index (χ0v) is 16.1. The van der Waals surface area contributed by atoms with E-state index >= 15 is 0 Å². The first-order valence-electron chi connectivity index (χ1n) is 8.75. The van der Waals surface area contributed by atoms with Crippen molar-refractivity contribution in [2.75, 3.05) is 18.4 Å². The highest BCUT2D eigenvalue weighted by Gasteiger charge is 2.24. The van der Waals surface area contributed by atoms with Crippen LogP contribution >= 0.6 is 11.3 Å². The summed E-state index contributed by atoms with van der Waals surface area (Å²) in [5.74, 6) is 0.337. The van der Waals surface area contributed by atoms with Crippen LogP contribution in [0.3, 0.4) is 0 Å². The molecule has 0 aromatic carbocycles. The van der Waals surface area contributed by atoms with Gasteiger partial charge in [0.15, 0.2) is 5.13 Å². The number of nitrogens with one attached hydrogen (secondary N) is 1. The molecular formula is C18H25N5OS. The Morgan fingerprint density at radius 2 is 2.16 bits per heavy atom. The van der Waals surface area contributed by atoms with Crippen molar-refractivity contribution >= 4 is 22.4 Å². The van der Waals surface area contributed by atoms with Crippen LogP contribution in [0.2, 0.25) is 0 Å². The van der Waals surface area contributed by atoms with Gasteiger partial charge < -0.3 is 10.2 Å². The summed E-state index contributed by atoms with van der Waals surface area (Å²) in [5, 5.41) is 3.33. The highest BCUT2D eigenvalue weighted by atomic mass is 32.1. The van der Waals surface area contributed by atoms with Crippen LogP contribution in [0.4, 0.5) is 5.13 Å². The minimum Gasteiger partial charge on any atom is -0.302 e. The lowest BCUT2D eigenvalue weighted by molar-refractivity contribution is -0.114. The lowest BCUT2D eigenvalue weighted by atomic mass is 9.94. The van der Waals surface area contributed by atoms with Crippen LogP contribution in [-0.4, -0.2) is 44.9 Å². The van der Waals surface area contributed by atoms with E-state index in [0.29, 0.717) is 17.1 Å². The van der Waals surface area contributed by atoms with Gasteiger partial charge in [-0.1, -0.05) is 11.3 Å². The Kier molecular flexibility index (Phi) is 5.44. The molecule has 0 bridgehead atoms. The Bertz CT molecular complexity index is 740. The average Bonchev–Trinajstić information content (AvgIpc) is 2.94. The predicted molar refractivity (Wildman–Crippen MR) is 101 cm³/mol. The van der Waals surface area contributed by atoms with Crippen molar-refractivity contribution in [1.82, 2.24) is 19.9 Å². The Labute approximate surface area is 152 Å². The first-order chi connectivity index (χ1) is 11.9. The van der Waals surface area contributed by atoms with Gasteiger partial charge >= 0.3 is 0 Å². The molecule has 2 aromatic rings. The molecule has 1 aliphatic rings. The van der Waals surface area contributed by atoms with Gasteiger partial charge in [-0.3, -0.25) is 14.8 Å². The number of likely N-dealkylation sites (tertiary alicyclic amines) is 1. The molecule has 2 aromatic heterocycles. The standard InChI is InChI=1S/C18H25N5OS/c1-11(2)23-7-5-6-14(10-23)15-8-20-16(9-19-15)17-12(3)21-18(25-17)22-13(4)24/h8-9,11,14H,5-7,10H2,1-4H3,(H,21,22,24)/t14-/m0/s1. The Morgan fingerprint density at radius 3 is 2.80 bits per heavy atom. The van der Waals surface area contributed by atoms with Crippen molar-refractivity contribution in [1.29, 1.82) is 0 Å². The van der Waals surface area contributed by atoms with E-state index in [1.54, 1.807) is 0 Å². The van der Waals surface area contributed by atoms with Gasteiger partial charge in [-0.15, -0.1) is 0 Å². The molecule has 0 aliphatic carbocycles. The summed E-state index contributed by atoms with van der Waals surface area (Å²) in [5.41, 5.74) is 2.74. The number of hydrogen-bond acceptors (Lipinski definition) is 6. The van der Waals surface area contributed by atoms with Gasteiger partial charge in [0, 0.05) is 31.6 Å². The van der Waals surface area contributed by atoms with Crippen LogP contribution in [0.25, 0.3) is 10.6 Å². The van der Waals surface area contributed by atoms with Gasteiger partial charge in [-0.05, 0) is 40.2 Å². The quantitative estimate of drug-likeness (QED) is 0.905. The highest BCUT2D eigenvalue weighted by Crippen LogP contribution is 2.32. The SMILES string of the molecule is CC(=O)Nc1nc(C)c(-c2cnc([C@H]3CCCN(C(C)C)C3)cn2)s1. The summed E-state index contributed by atoms with van der Waals surface area (Å²) in [7, 11) is 0. The van der Waals surface area contributed by atoms with E-state index in [9.17, 15) is 4.79 Å². The van der Waals surface area contributed by atoms with Crippen molar-refractivity contribution in [3.8, 4) is 10.6 Å². The molecule has 134 valence electrons. The topological polar surface area (TPSA) is 71.0 Å². The van der Waals surface area contributed by atoms with E-state index in [1.807, 2.05) is 19.3 Å². The number of aromatic nitrogens is 3. The van der Waals surface area contributed by atoms with Crippen LogP contribution in [0, 0.1) is 6.92 Å². The molecule has 1 N–H and O–H groups in total. The van der Waals surface area contributed by atoms with Crippen molar-refractivity contribution in [2.24, 2.45) is 0 Å². The molecule has 1 fully saturated rings. The van der Waals surface area contributed by atoms with E-state index in [0.717, 1.165) is 28.5 Å². The molecule has 0 spiro atoms. The minimum absolute atomic E-state index is 0.117. The molecule has 0 saturated carbocycles. The fourth-order valence-electron chi connectivity index (χ4n) is 3.22. The number of anilines is 1. The van der Waals surface area contributed by atoms with E-state index < -0.39 is 0 Å². The summed E-state index contributed by atoms with van der Waals surface area (Å²) >= 11 is 1.43. The zero-order chi connectivity index (χ0) is 18.0. The smallest absolute Gasteiger partial charge is 0.223 e. The number of hydrogen-bond donors (Lipinski definition) is 1. The molecule has 1 amide bonds. The summed E-state index contributed by atoms with van der Waals surface area (Å²) in [4.78, 5) is 28.3. The number of piperidine rings is 1. The number of rotatable bonds is 4. The fraction of sp³-hybridized carbons (Fsp3) is 0.556. The Hall–Kier alpha value is -1.86. The second kappa shape index (κ2) is 7.58. The maximum atomic E-state index is 11.2. The van der Waals surface area contributed by atoms with Gasteiger partial charge in [-0.2, -0.15) is 0 Å². The molecular weight excluding hydrogens is 334 g/mol. The summed E-state index contributed by atoms with van der Waals surface area (Å²) < 4.78 is 0. The lowest BCUT2D eigenvalue weighted by Gasteiger charge is -2.35.